The van der Waals surface area contributed by atoms with Gasteiger partial charge in [-0.1, -0.05) is 6.07 Å². The number of ether oxygens (including phenoxy) is 1. The Labute approximate surface area is 109 Å². The molecule has 5 nitrogen and oxygen atoms in total. The van der Waals surface area contributed by atoms with Crippen LogP contribution in [0.1, 0.15) is 18.4 Å². The Kier molecular flexibility index (Phi) is 6.24. The molecule has 1 radical (unpaired) electrons. The van der Waals surface area contributed by atoms with Crippen LogP contribution in [0.4, 0.5) is 0 Å². The first-order valence-electron chi connectivity index (χ1n) is 5.78. The van der Waals surface area contributed by atoms with Gasteiger partial charge in [-0.25, -0.2) is 8.42 Å². The molecule has 1 heterocycles. The van der Waals surface area contributed by atoms with Gasteiger partial charge in [0.2, 0.25) is 10.0 Å². The van der Waals surface area contributed by atoms with Crippen LogP contribution in [0.15, 0.2) is 24.5 Å². The minimum Gasteiger partial charge on any atom is -0.362 e. The molecule has 1 rings (SSSR count). The lowest BCUT2D eigenvalue weighted by Crippen LogP contribution is -2.35. The molecular weight excluding hydrogens is 252 g/mol. The number of hydrogen-bond acceptors (Lipinski definition) is 4. The summed E-state index contributed by atoms with van der Waals surface area (Å²) in [4.78, 5) is 4.02. The topological polar surface area (TPSA) is 68.3 Å². The SMILES string of the molecule is [CH2]CC(NS(C)(=O)=O)OCCCc1cccnc1. The Bertz CT molecular complexity index is 434. The average Bonchev–Trinajstić information content (AvgIpc) is 2.33. The third-order valence-electron chi connectivity index (χ3n) is 2.26. The van der Waals surface area contributed by atoms with Crippen molar-refractivity contribution in [2.45, 2.75) is 25.5 Å². The lowest BCUT2D eigenvalue weighted by atomic mass is 10.2. The van der Waals surface area contributed by atoms with Gasteiger partial charge in [0.15, 0.2) is 0 Å². The van der Waals surface area contributed by atoms with E-state index < -0.39 is 16.3 Å². The summed E-state index contributed by atoms with van der Waals surface area (Å²) in [5, 5.41) is 0. The molecule has 18 heavy (non-hydrogen) atoms. The van der Waals surface area contributed by atoms with Gasteiger partial charge in [-0.3, -0.25) is 4.98 Å². The van der Waals surface area contributed by atoms with Gasteiger partial charge in [-0.05, 0) is 37.8 Å². The summed E-state index contributed by atoms with van der Waals surface area (Å²) in [5.41, 5.74) is 1.14. The number of nitrogens with one attached hydrogen (secondary N) is 1. The van der Waals surface area contributed by atoms with Crippen LogP contribution in [-0.2, 0) is 21.2 Å². The zero-order valence-corrected chi connectivity index (χ0v) is 11.3. The molecule has 0 spiro atoms. The van der Waals surface area contributed by atoms with Crippen LogP contribution >= 0.6 is 0 Å². The molecule has 0 aliphatic heterocycles. The molecule has 0 amide bonds. The van der Waals surface area contributed by atoms with Crippen LogP contribution < -0.4 is 4.72 Å². The third kappa shape index (κ3) is 6.68. The molecule has 1 aromatic heterocycles. The highest BCUT2D eigenvalue weighted by Crippen LogP contribution is 2.02. The van der Waals surface area contributed by atoms with Crippen molar-refractivity contribution in [2.24, 2.45) is 0 Å². The van der Waals surface area contributed by atoms with E-state index in [4.69, 9.17) is 4.74 Å². The minimum atomic E-state index is -3.25. The summed E-state index contributed by atoms with van der Waals surface area (Å²) in [7, 11) is -3.25. The monoisotopic (exact) mass is 271 g/mol. The number of sulfonamides is 1. The van der Waals surface area contributed by atoms with E-state index in [1.54, 1.807) is 6.20 Å². The number of aryl methyl sites for hydroxylation is 1. The second-order valence-electron chi connectivity index (χ2n) is 4.00. The van der Waals surface area contributed by atoms with Crippen molar-refractivity contribution in [3.8, 4) is 0 Å². The summed E-state index contributed by atoms with van der Waals surface area (Å²) in [6.07, 6.45) is 6.13. The van der Waals surface area contributed by atoms with Crippen molar-refractivity contribution < 1.29 is 13.2 Å². The quantitative estimate of drug-likeness (QED) is 0.568. The molecule has 0 saturated heterocycles. The highest BCUT2D eigenvalue weighted by Gasteiger charge is 2.11. The number of pyridine rings is 1. The first-order chi connectivity index (χ1) is 8.51. The Hall–Kier alpha value is -0.980. The van der Waals surface area contributed by atoms with Crippen LogP contribution in [0.25, 0.3) is 0 Å². The smallest absolute Gasteiger partial charge is 0.210 e. The minimum absolute atomic E-state index is 0.361. The molecule has 0 aromatic carbocycles. The van der Waals surface area contributed by atoms with Gasteiger partial charge in [0.25, 0.3) is 0 Å². The van der Waals surface area contributed by atoms with Crippen LogP contribution in [0, 0.1) is 6.92 Å². The van der Waals surface area contributed by atoms with Gasteiger partial charge in [-0.15, -0.1) is 0 Å². The van der Waals surface area contributed by atoms with Crippen LogP contribution in [0.3, 0.4) is 0 Å². The maximum absolute atomic E-state index is 11.0. The Balaban J connectivity index is 2.24. The maximum Gasteiger partial charge on any atom is 0.210 e. The van der Waals surface area contributed by atoms with E-state index in [2.05, 4.69) is 16.6 Å². The van der Waals surface area contributed by atoms with Crippen LogP contribution in [0.5, 0.6) is 0 Å². The lowest BCUT2D eigenvalue weighted by molar-refractivity contribution is 0.0462. The van der Waals surface area contributed by atoms with Gasteiger partial charge in [-0.2, -0.15) is 4.72 Å². The summed E-state index contributed by atoms with van der Waals surface area (Å²) >= 11 is 0. The summed E-state index contributed by atoms with van der Waals surface area (Å²) in [5.74, 6) is 0. The molecule has 0 fully saturated rings. The zero-order chi connectivity index (χ0) is 13.4. The van der Waals surface area contributed by atoms with Gasteiger partial charge in [0.05, 0.1) is 6.26 Å². The van der Waals surface area contributed by atoms with Crippen molar-refractivity contribution in [3.05, 3.63) is 37.0 Å². The summed E-state index contributed by atoms with van der Waals surface area (Å²) in [6.45, 7) is 4.13. The summed E-state index contributed by atoms with van der Waals surface area (Å²) in [6, 6.07) is 3.89. The van der Waals surface area contributed by atoms with E-state index in [0.29, 0.717) is 13.0 Å². The molecule has 101 valence electrons. The molecule has 6 heteroatoms. The van der Waals surface area contributed by atoms with E-state index in [1.165, 1.54) is 0 Å². The Morgan fingerprint density at radius 2 is 2.33 bits per heavy atom. The number of aromatic nitrogens is 1. The first-order valence-corrected chi connectivity index (χ1v) is 7.67. The highest BCUT2D eigenvalue weighted by atomic mass is 32.2. The average molecular weight is 271 g/mol. The van der Waals surface area contributed by atoms with Gasteiger partial charge < -0.3 is 4.74 Å². The first kappa shape index (κ1) is 15.1. The predicted octanol–water partition coefficient (Wildman–Crippen LogP) is 1.13. The van der Waals surface area contributed by atoms with Crippen molar-refractivity contribution in [3.63, 3.8) is 0 Å². The van der Waals surface area contributed by atoms with E-state index in [-0.39, 0.29) is 0 Å². The summed E-state index contributed by atoms with van der Waals surface area (Å²) < 4.78 is 29.9. The van der Waals surface area contributed by atoms with Crippen LogP contribution in [-0.4, -0.2) is 32.5 Å². The van der Waals surface area contributed by atoms with E-state index >= 15 is 0 Å². The molecular formula is C12H19N2O3S. The molecule has 0 bridgehead atoms. The normalized spacial score (nSPS) is 13.4. The van der Waals surface area contributed by atoms with E-state index in [1.807, 2.05) is 18.3 Å². The van der Waals surface area contributed by atoms with Crippen molar-refractivity contribution in [1.82, 2.24) is 9.71 Å². The Morgan fingerprint density at radius 3 is 2.89 bits per heavy atom. The van der Waals surface area contributed by atoms with Crippen molar-refractivity contribution in [2.75, 3.05) is 12.9 Å². The van der Waals surface area contributed by atoms with Gasteiger partial charge >= 0.3 is 0 Å². The third-order valence-corrected chi connectivity index (χ3v) is 2.95. The second kappa shape index (κ2) is 7.45. The number of nitrogens with zero attached hydrogens (tertiary/aromatic N) is 1. The molecule has 1 aromatic rings. The van der Waals surface area contributed by atoms with Gasteiger partial charge in [0, 0.05) is 19.0 Å². The molecule has 1 atom stereocenters. The fraction of sp³-hybridized carbons (Fsp3) is 0.500. The Morgan fingerprint density at radius 1 is 1.56 bits per heavy atom. The number of hydrogen-bond donors (Lipinski definition) is 1. The zero-order valence-electron chi connectivity index (χ0n) is 10.5. The van der Waals surface area contributed by atoms with E-state index in [0.717, 1.165) is 24.7 Å². The lowest BCUT2D eigenvalue weighted by Gasteiger charge is -2.16. The van der Waals surface area contributed by atoms with E-state index in [9.17, 15) is 8.42 Å². The molecule has 0 aliphatic rings. The standard InChI is InChI=1S/C12H19N2O3S/c1-3-12(14-18(2,15)16)17-9-5-7-11-6-4-8-13-10-11/h4,6,8,10,12,14H,1,3,5,7,9H2,2H3. The van der Waals surface area contributed by atoms with Crippen LogP contribution in [0.2, 0.25) is 0 Å². The predicted molar refractivity (Wildman–Crippen MR) is 70.3 cm³/mol. The fourth-order valence-corrected chi connectivity index (χ4v) is 2.13. The van der Waals surface area contributed by atoms with Crippen molar-refractivity contribution >= 4 is 10.0 Å². The fourth-order valence-electron chi connectivity index (χ4n) is 1.46. The molecule has 1 N–H and O–H groups in total. The van der Waals surface area contributed by atoms with Crippen molar-refractivity contribution in [1.29, 1.82) is 0 Å². The largest absolute Gasteiger partial charge is 0.362 e. The highest BCUT2D eigenvalue weighted by molar-refractivity contribution is 7.88. The van der Waals surface area contributed by atoms with Gasteiger partial charge in [0.1, 0.15) is 6.23 Å². The second-order valence-corrected chi connectivity index (χ2v) is 5.78. The number of rotatable bonds is 8. The molecule has 1 unspecified atom stereocenters. The molecule has 0 saturated carbocycles. The maximum atomic E-state index is 11.0. The molecule has 0 aliphatic carbocycles.